The van der Waals surface area contributed by atoms with Gasteiger partial charge in [-0.05, 0) is 44.9 Å². The van der Waals surface area contributed by atoms with E-state index < -0.39 is 6.10 Å². The van der Waals surface area contributed by atoms with Crippen LogP contribution in [0.1, 0.15) is 361 Å². The van der Waals surface area contributed by atoms with Crippen LogP contribution in [-0.4, -0.2) is 37.2 Å². The minimum Gasteiger partial charge on any atom is -0.462 e. The van der Waals surface area contributed by atoms with Gasteiger partial charge >= 0.3 is 17.9 Å². The van der Waals surface area contributed by atoms with Gasteiger partial charge in [-0.3, -0.25) is 14.4 Å². The number of unbranched alkanes of at least 4 members (excludes halogenated alkanes) is 46. The highest BCUT2D eigenvalue weighted by Crippen LogP contribution is 2.18. The van der Waals surface area contributed by atoms with Crippen molar-refractivity contribution in [2.45, 2.75) is 367 Å². The molecule has 6 nitrogen and oxygen atoms in total. The third-order valence-corrected chi connectivity index (χ3v) is 14.5. The van der Waals surface area contributed by atoms with Gasteiger partial charge in [-0.15, -0.1) is 0 Å². The molecule has 0 radical (unpaired) electrons. The number of carbonyl (C=O) groups excluding carboxylic acids is 3. The Morgan fingerprint density at radius 1 is 0.271 bits per heavy atom. The molecule has 0 rings (SSSR count). The summed E-state index contributed by atoms with van der Waals surface area (Å²) in [6, 6.07) is 0. The fourth-order valence-corrected chi connectivity index (χ4v) is 9.74. The zero-order chi connectivity index (χ0) is 50.7. The highest BCUT2D eigenvalue weighted by atomic mass is 16.6. The summed E-state index contributed by atoms with van der Waals surface area (Å²) < 4.78 is 16.8. The van der Waals surface area contributed by atoms with Gasteiger partial charge < -0.3 is 14.2 Å². The average Bonchev–Trinajstić information content (AvgIpc) is 3.36. The normalized spacial score (nSPS) is 12.0. The third-order valence-electron chi connectivity index (χ3n) is 14.5. The summed E-state index contributed by atoms with van der Waals surface area (Å²) in [5.74, 6) is -0.853. The van der Waals surface area contributed by atoms with Crippen LogP contribution in [0, 0.1) is 0 Å². The Kier molecular flexibility index (Phi) is 58.1. The molecular weight excluding hydrogens is 865 g/mol. The van der Waals surface area contributed by atoms with Crippen molar-refractivity contribution < 1.29 is 28.6 Å². The Hall–Kier alpha value is -1.85. The molecule has 0 N–H and O–H groups in total. The van der Waals surface area contributed by atoms with Crippen LogP contribution >= 0.6 is 0 Å². The maximum Gasteiger partial charge on any atom is 0.306 e. The van der Waals surface area contributed by atoms with Crippen molar-refractivity contribution in [1.29, 1.82) is 0 Å². The quantitative estimate of drug-likeness (QED) is 0.0261. The predicted octanol–water partition coefficient (Wildman–Crippen LogP) is 21.3. The highest BCUT2D eigenvalue weighted by molar-refractivity contribution is 5.71. The molecule has 0 spiro atoms. The molecule has 0 heterocycles. The topological polar surface area (TPSA) is 78.9 Å². The van der Waals surface area contributed by atoms with Crippen molar-refractivity contribution >= 4 is 17.9 Å². The fraction of sp³-hybridized carbons (Fsp3) is 0.922. The lowest BCUT2D eigenvalue weighted by Gasteiger charge is -2.18. The lowest BCUT2D eigenvalue weighted by Crippen LogP contribution is -2.30. The van der Waals surface area contributed by atoms with Crippen molar-refractivity contribution in [3.8, 4) is 0 Å². The number of hydrogen-bond acceptors (Lipinski definition) is 6. The van der Waals surface area contributed by atoms with Gasteiger partial charge in [-0.25, -0.2) is 0 Å². The Balaban J connectivity index is 3.96. The molecule has 0 aliphatic rings. The molecule has 1 atom stereocenters. The second-order valence-electron chi connectivity index (χ2n) is 21.7. The number of rotatable bonds is 59. The van der Waals surface area contributed by atoms with Gasteiger partial charge in [0.05, 0.1) is 0 Å². The molecule has 1 unspecified atom stereocenters. The first-order valence-electron chi connectivity index (χ1n) is 31.7. The molecule has 0 fully saturated rings. The first kappa shape index (κ1) is 68.2. The minimum absolute atomic E-state index is 0.0646. The Morgan fingerprint density at radius 2 is 0.471 bits per heavy atom. The van der Waals surface area contributed by atoms with Gasteiger partial charge in [0, 0.05) is 19.3 Å². The number of ether oxygens (including phenoxy) is 3. The average molecular weight is 988 g/mol. The largest absolute Gasteiger partial charge is 0.462 e. The van der Waals surface area contributed by atoms with E-state index in [2.05, 4.69) is 32.9 Å². The lowest BCUT2D eigenvalue weighted by atomic mass is 10.0. The van der Waals surface area contributed by atoms with Gasteiger partial charge in [0.25, 0.3) is 0 Å². The Labute approximate surface area is 437 Å². The van der Waals surface area contributed by atoms with Gasteiger partial charge in [-0.1, -0.05) is 309 Å². The van der Waals surface area contributed by atoms with Crippen molar-refractivity contribution in [1.82, 2.24) is 0 Å². The van der Waals surface area contributed by atoms with E-state index in [0.717, 1.165) is 64.2 Å². The van der Waals surface area contributed by atoms with Crippen molar-refractivity contribution in [3.63, 3.8) is 0 Å². The third kappa shape index (κ3) is 57.1. The SMILES string of the molecule is CCCCCCCCCC/C=C\CCCCCCCCCCCCCCCCCC(=O)OCC(COC(=O)CCCCCCC)OC(=O)CCCCCCCCCCCCCCCCCCCCCC. The molecule has 0 amide bonds. The second kappa shape index (κ2) is 59.7. The van der Waals surface area contributed by atoms with Gasteiger partial charge in [0.1, 0.15) is 13.2 Å². The van der Waals surface area contributed by atoms with E-state index >= 15 is 0 Å². The molecule has 0 saturated heterocycles. The van der Waals surface area contributed by atoms with E-state index in [9.17, 15) is 14.4 Å². The molecule has 0 bridgehead atoms. The molecule has 0 aliphatic carbocycles. The smallest absolute Gasteiger partial charge is 0.306 e. The summed E-state index contributed by atoms with van der Waals surface area (Å²) >= 11 is 0. The molecule has 0 aliphatic heterocycles. The summed E-state index contributed by atoms with van der Waals surface area (Å²) in [5.41, 5.74) is 0. The highest BCUT2D eigenvalue weighted by Gasteiger charge is 2.19. The predicted molar refractivity (Wildman–Crippen MR) is 303 cm³/mol. The Morgan fingerprint density at radius 3 is 0.714 bits per heavy atom. The molecule has 70 heavy (non-hydrogen) atoms. The summed E-state index contributed by atoms with van der Waals surface area (Å²) in [7, 11) is 0. The standard InChI is InChI=1S/C64H122O6/c1-4-7-10-13-15-17-19-21-23-25-27-29-30-31-32-33-34-35-37-38-40-42-44-46-48-51-54-57-63(66)69-60-61(59-68-62(65)56-53-50-12-9-6-3)70-64(67)58-55-52-49-47-45-43-41-39-36-28-26-24-22-20-18-16-14-11-8-5-2/h25,27,61H,4-24,26,28-60H2,1-3H3/b27-25-. The van der Waals surface area contributed by atoms with Crippen LogP contribution in [0.3, 0.4) is 0 Å². The van der Waals surface area contributed by atoms with Crippen LogP contribution in [0.15, 0.2) is 12.2 Å². The summed E-state index contributed by atoms with van der Waals surface area (Å²) in [5, 5.41) is 0. The number of allylic oxidation sites excluding steroid dienone is 2. The number of carbonyl (C=O) groups is 3. The maximum atomic E-state index is 12.8. The van der Waals surface area contributed by atoms with Crippen LogP contribution in [0.2, 0.25) is 0 Å². The first-order chi connectivity index (χ1) is 34.5. The van der Waals surface area contributed by atoms with Crippen LogP contribution in [0.5, 0.6) is 0 Å². The summed E-state index contributed by atoms with van der Waals surface area (Å²) in [6.45, 7) is 6.62. The van der Waals surface area contributed by atoms with E-state index in [4.69, 9.17) is 14.2 Å². The zero-order valence-electron chi connectivity index (χ0n) is 47.6. The van der Waals surface area contributed by atoms with E-state index in [-0.39, 0.29) is 31.1 Å². The van der Waals surface area contributed by atoms with Crippen LogP contribution in [0.25, 0.3) is 0 Å². The van der Waals surface area contributed by atoms with E-state index in [1.54, 1.807) is 0 Å². The lowest BCUT2D eigenvalue weighted by molar-refractivity contribution is -0.167. The molecule has 0 aromatic carbocycles. The van der Waals surface area contributed by atoms with Crippen molar-refractivity contribution in [2.24, 2.45) is 0 Å². The fourth-order valence-electron chi connectivity index (χ4n) is 9.74. The monoisotopic (exact) mass is 987 g/mol. The van der Waals surface area contributed by atoms with Crippen LogP contribution in [0.4, 0.5) is 0 Å². The Bertz CT molecular complexity index is 1090. The van der Waals surface area contributed by atoms with E-state index in [1.165, 1.54) is 257 Å². The molecule has 6 heteroatoms. The second-order valence-corrected chi connectivity index (χ2v) is 21.7. The molecule has 414 valence electrons. The zero-order valence-corrected chi connectivity index (χ0v) is 47.6. The van der Waals surface area contributed by atoms with Gasteiger partial charge in [0.15, 0.2) is 6.10 Å². The minimum atomic E-state index is -0.762. The van der Waals surface area contributed by atoms with E-state index in [1.807, 2.05) is 0 Å². The molecule has 0 aromatic heterocycles. The summed E-state index contributed by atoms with van der Waals surface area (Å²) in [4.78, 5) is 37.9. The van der Waals surface area contributed by atoms with Gasteiger partial charge in [-0.2, -0.15) is 0 Å². The summed E-state index contributed by atoms with van der Waals surface area (Å²) in [6.07, 6.45) is 69.9. The number of esters is 3. The van der Waals surface area contributed by atoms with E-state index in [0.29, 0.717) is 19.3 Å². The maximum absolute atomic E-state index is 12.8. The first-order valence-corrected chi connectivity index (χ1v) is 31.7. The van der Waals surface area contributed by atoms with Crippen LogP contribution in [-0.2, 0) is 28.6 Å². The molecule has 0 aromatic rings. The molecular formula is C64H122O6. The van der Waals surface area contributed by atoms with Crippen molar-refractivity contribution in [2.75, 3.05) is 13.2 Å². The van der Waals surface area contributed by atoms with Crippen LogP contribution < -0.4 is 0 Å². The van der Waals surface area contributed by atoms with Gasteiger partial charge in [0.2, 0.25) is 0 Å². The number of hydrogen-bond donors (Lipinski definition) is 0. The molecule has 0 saturated carbocycles. The van der Waals surface area contributed by atoms with Crippen molar-refractivity contribution in [3.05, 3.63) is 12.2 Å².